The number of thiocarbonyl (C=S) groups is 1. The minimum Gasteiger partial charge on any atom is -0.497 e. The third kappa shape index (κ3) is 5.00. The molecule has 134 valence electrons. The topological polar surface area (TPSA) is 56.8 Å². The lowest BCUT2D eigenvalue weighted by atomic mass is 10.2. The fourth-order valence-electron chi connectivity index (χ4n) is 2.26. The zero-order valence-corrected chi connectivity index (χ0v) is 15.7. The zero-order valence-electron chi connectivity index (χ0n) is 14.1. The first-order valence-corrected chi connectivity index (χ1v) is 9.11. The van der Waals surface area contributed by atoms with Crippen LogP contribution in [0.2, 0.25) is 0 Å². The monoisotopic (exact) mass is 387 g/mol. The SMILES string of the molecule is COc1ccc(OCCOc2cccc(C=C3SC(=S)NC3=O)c2)cc1. The van der Waals surface area contributed by atoms with Gasteiger partial charge in [0.25, 0.3) is 5.91 Å². The summed E-state index contributed by atoms with van der Waals surface area (Å²) >= 11 is 6.24. The van der Waals surface area contributed by atoms with E-state index in [1.807, 2.05) is 48.5 Å². The van der Waals surface area contributed by atoms with Gasteiger partial charge in [-0.2, -0.15) is 0 Å². The number of methoxy groups -OCH3 is 1. The smallest absolute Gasteiger partial charge is 0.263 e. The average molecular weight is 387 g/mol. The van der Waals surface area contributed by atoms with Gasteiger partial charge in [0.05, 0.1) is 12.0 Å². The number of hydrogen-bond donors (Lipinski definition) is 1. The van der Waals surface area contributed by atoms with Gasteiger partial charge in [-0.3, -0.25) is 4.79 Å². The molecule has 1 aliphatic heterocycles. The van der Waals surface area contributed by atoms with E-state index < -0.39 is 0 Å². The second-order valence-corrected chi connectivity index (χ2v) is 7.02. The molecule has 1 amide bonds. The quantitative estimate of drug-likeness (QED) is 0.445. The van der Waals surface area contributed by atoms with Crippen molar-refractivity contribution in [3.63, 3.8) is 0 Å². The summed E-state index contributed by atoms with van der Waals surface area (Å²) in [6, 6.07) is 14.9. The van der Waals surface area contributed by atoms with Crippen LogP contribution in [-0.2, 0) is 4.79 Å². The van der Waals surface area contributed by atoms with Crippen LogP contribution in [0, 0.1) is 0 Å². The highest BCUT2D eigenvalue weighted by Crippen LogP contribution is 2.26. The Labute approximate surface area is 161 Å². The van der Waals surface area contributed by atoms with Gasteiger partial charge < -0.3 is 19.5 Å². The van der Waals surface area contributed by atoms with Crippen LogP contribution in [0.5, 0.6) is 17.2 Å². The Bertz CT molecular complexity index is 834. The molecule has 0 spiro atoms. The van der Waals surface area contributed by atoms with Crippen LogP contribution >= 0.6 is 24.0 Å². The van der Waals surface area contributed by atoms with Crippen LogP contribution in [0.15, 0.2) is 53.4 Å². The number of carbonyl (C=O) groups excluding carboxylic acids is 1. The molecule has 0 atom stereocenters. The number of ether oxygens (including phenoxy) is 3. The summed E-state index contributed by atoms with van der Waals surface area (Å²) in [5, 5.41) is 2.60. The number of nitrogens with one attached hydrogen (secondary N) is 1. The van der Waals surface area contributed by atoms with E-state index in [0.29, 0.717) is 28.2 Å². The molecule has 1 fully saturated rings. The maximum atomic E-state index is 11.7. The maximum Gasteiger partial charge on any atom is 0.263 e. The van der Waals surface area contributed by atoms with Gasteiger partial charge in [-0.15, -0.1) is 0 Å². The summed E-state index contributed by atoms with van der Waals surface area (Å²) in [5.41, 5.74) is 0.876. The summed E-state index contributed by atoms with van der Waals surface area (Å²) in [6.07, 6.45) is 1.79. The molecule has 1 heterocycles. The van der Waals surface area contributed by atoms with Crippen molar-refractivity contribution in [1.82, 2.24) is 5.32 Å². The van der Waals surface area contributed by atoms with Crippen molar-refractivity contribution in [2.24, 2.45) is 0 Å². The fourth-order valence-corrected chi connectivity index (χ4v) is 3.30. The molecule has 0 saturated carbocycles. The molecular formula is C19H17NO4S2. The number of hydrogen-bond acceptors (Lipinski definition) is 6. The number of carbonyl (C=O) groups is 1. The highest BCUT2D eigenvalue weighted by molar-refractivity contribution is 8.26. The molecule has 2 aromatic rings. The van der Waals surface area contributed by atoms with E-state index in [9.17, 15) is 4.79 Å². The van der Waals surface area contributed by atoms with E-state index in [-0.39, 0.29) is 5.91 Å². The van der Waals surface area contributed by atoms with E-state index >= 15 is 0 Å². The van der Waals surface area contributed by atoms with Gasteiger partial charge >= 0.3 is 0 Å². The standard InChI is InChI=1S/C19H17NO4S2/c1-22-14-5-7-15(8-6-14)23-9-10-24-16-4-2-3-13(11-16)12-17-18(21)20-19(25)26-17/h2-8,11-12H,9-10H2,1H3,(H,20,21,25). The van der Waals surface area contributed by atoms with Crippen LogP contribution in [0.4, 0.5) is 0 Å². The van der Waals surface area contributed by atoms with Crippen LogP contribution in [0.1, 0.15) is 5.56 Å². The van der Waals surface area contributed by atoms with E-state index in [1.54, 1.807) is 13.2 Å². The van der Waals surface area contributed by atoms with Crippen LogP contribution < -0.4 is 19.5 Å². The van der Waals surface area contributed by atoms with Gasteiger partial charge in [0, 0.05) is 0 Å². The van der Waals surface area contributed by atoms with Crippen LogP contribution in [-0.4, -0.2) is 30.6 Å². The van der Waals surface area contributed by atoms with Crippen molar-refractivity contribution in [3.05, 3.63) is 59.0 Å². The zero-order chi connectivity index (χ0) is 18.4. The van der Waals surface area contributed by atoms with E-state index in [4.69, 9.17) is 26.4 Å². The Morgan fingerprint density at radius 1 is 1.04 bits per heavy atom. The second-order valence-electron chi connectivity index (χ2n) is 5.30. The maximum absolute atomic E-state index is 11.7. The third-order valence-corrected chi connectivity index (χ3v) is 4.64. The summed E-state index contributed by atoms with van der Waals surface area (Å²) in [5.74, 6) is 2.09. The number of rotatable bonds is 7. The minimum atomic E-state index is -0.167. The molecule has 1 aliphatic rings. The van der Waals surface area contributed by atoms with E-state index in [1.165, 1.54) is 11.8 Å². The Morgan fingerprint density at radius 2 is 1.73 bits per heavy atom. The molecule has 0 aliphatic carbocycles. The minimum absolute atomic E-state index is 0.167. The molecular weight excluding hydrogens is 370 g/mol. The summed E-state index contributed by atoms with van der Waals surface area (Å²) in [6.45, 7) is 0.829. The Hall–Kier alpha value is -2.51. The lowest BCUT2D eigenvalue weighted by Crippen LogP contribution is -2.17. The third-order valence-electron chi connectivity index (χ3n) is 3.48. The van der Waals surface area contributed by atoms with Gasteiger partial charge in [0.2, 0.25) is 0 Å². The lowest BCUT2D eigenvalue weighted by Gasteiger charge is -2.09. The molecule has 1 saturated heterocycles. The van der Waals surface area contributed by atoms with Crippen molar-refractivity contribution < 1.29 is 19.0 Å². The first kappa shape index (κ1) is 18.3. The van der Waals surface area contributed by atoms with E-state index in [2.05, 4.69) is 5.32 Å². The normalized spacial score (nSPS) is 15.0. The van der Waals surface area contributed by atoms with Gasteiger partial charge in [-0.25, -0.2) is 0 Å². The number of thioether (sulfide) groups is 1. The number of amides is 1. The summed E-state index contributed by atoms with van der Waals surface area (Å²) in [4.78, 5) is 12.3. The van der Waals surface area contributed by atoms with Gasteiger partial charge in [-0.1, -0.05) is 36.1 Å². The Morgan fingerprint density at radius 3 is 2.38 bits per heavy atom. The molecule has 26 heavy (non-hydrogen) atoms. The predicted molar refractivity (Wildman–Crippen MR) is 107 cm³/mol. The van der Waals surface area contributed by atoms with Crippen LogP contribution in [0.3, 0.4) is 0 Å². The lowest BCUT2D eigenvalue weighted by molar-refractivity contribution is -0.115. The highest BCUT2D eigenvalue weighted by atomic mass is 32.2. The predicted octanol–water partition coefficient (Wildman–Crippen LogP) is 3.64. The van der Waals surface area contributed by atoms with Crippen molar-refractivity contribution >= 4 is 40.3 Å². The summed E-state index contributed by atoms with van der Waals surface area (Å²) in [7, 11) is 1.62. The Kier molecular flexibility index (Phi) is 6.14. The van der Waals surface area contributed by atoms with Crippen molar-refractivity contribution in [1.29, 1.82) is 0 Å². The molecule has 2 aromatic carbocycles. The molecule has 7 heteroatoms. The molecule has 0 aromatic heterocycles. The van der Waals surface area contributed by atoms with E-state index in [0.717, 1.165) is 17.1 Å². The largest absolute Gasteiger partial charge is 0.497 e. The molecule has 5 nitrogen and oxygen atoms in total. The van der Waals surface area contributed by atoms with Gasteiger partial charge in [-0.05, 0) is 48.0 Å². The first-order chi connectivity index (χ1) is 12.6. The van der Waals surface area contributed by atoms with Crippen LogP contribution in [0.25, 0.3) is 6.08 Å². The molecule has 0 unspecified atom stereocenters. The fraction of sp³-hybridized carbons (Fsp3) is 0.158. The highest BCUT2D eigenvalue weighted by Gasteiger charge is 2.21. The van der Waals surface area contributed by atoms with Crippen molar-refractivity contribution in [2.75, 3.05) is 20.3 Å². The molecule has 0 bridgehead atoms. The molecule has 0 radical (unpaired) electrons. The molecule has 3 rings (SSSR count). The summed E-state index contributed by atoms with van der Waals surface area (Å²) < 4.78 is 16.9. The van der Waals surface area contributed by atoms with Crippen molar-refractivity contribution in [3.8, 4) is 17.2 Å². The first-order valence-electron chi connectivity index (χ1n) is 7.88. The van der Waals surface area contributed by atoms with Crippen molar-refractivity contribution in [2.45, 2.75) is 0 Å². The molecule has 1 N–H and O–H groups in total. The van der Waals surface area contributed by atoms with Gasteiger partial charge in [0.1, 0.15) is 34.8 Å². The Balaban J connectivity index is 1.51. The average Bonchev–Trinajstić information content (AvgIpc) is 2.96. The van der Waals surface area contributed by atoms with Gasteiger partial charge in [0.15, 0.2) is 0 Å². The second kappa shape index (κ2) is 8.73. The number of benzene rings is 2.